The maximum Gasteiger partial charge on any atom is 0.270 e. The van der Waals surface area contributed by atoms with Gasteiger partial charge in [0.1, 0.15) is 30.0 Å². The molecule has 2 amide bonds. The molecule has 0 spiro atoms. The molecule has 166 valence electrons. The number of carbonyl (C=O) groups excluding carboxylic acids is 2. The number of benzene rings is 2. The number of nitrogens with zero attached hydrogens (tertiary/aromatic N) is 4. The Kier molecular flexibility index (Phi) is 6.44. The van der Waals surface area contributed by atoms with E-state index in [4.69, 9.17) is 0 Å². The highest BCUT2D eigenvalue weighted by molar-refractivity contribution is 5.95. The lowest BCUT2D eigenvalue weighted by molar-refractivity contribution is -0.115. The monoisotopic (exact) mass is 445 g/mol. The van der Waals surface area contributed by atoms with E-state index in [1.54, 1.807) is 19.1 Å². The largest absolute Gasteiger partial charge is 0.347 e. The maximum absolute atomic E-state index is 13.4. The predicted molar refractivity (Wildman–Crippen MR) is 118 cm³/mol. The summed E-state index contributed by atoms with van der Waals surface area (Å²) in [5, 5.41) is 12.0. The number of rotatable bonds is 7. The van der Waals surface area contributed by atoms with Gasteiger partial charge in [0.05, 0.1) is 6.42 Å². The molecule has 0 radical (unpaired) electrons. The Morgan fingerprint density at radius 3 is 2.48 bits per heavy atom. The number of H-pyrrole nitrogens is 1. The van der Waals surface area contributed by atoms with Crippen molar-refractivity contribution in [1.29, 1.82) is 0 Å². The summed E-state index contributed by atoms with van der Waals surface area (Å²) in [6, 6.07) is 13.4. The molecule has 2 heterocycles. The van der Waals surface area contributed by atoms with Crippen molar-refractivity contribution in [3.8, 4) is 11.4 Å². The summed E-state index contributed by atoms with van der Waals surface area (Å²) in [6.07, 6.45) is 2.77. The molecule has 4 rings (SSSR count). The highest BCUT2D eigenvalue weighted by Gasteiger charge is 2.12. The fourth-order valence-corrected chi connectivity index (χ4v) is 3.14. The predicted octanol–water partition coefficient (Wildman–Crippen LogP) is 2.82. The van der Waals surface area contributed by atoms with Gasteiger partial charge in [0.15, 0.2) is 5.82 Å². The molecular weight excluding hydrogens is 425 g/mol. The fraction of sp³-hybridized carbons (Fsp3) is 0.130. The van der Waals surface area contributed by atoms with Gasteiger partial charge in [-0.15, -0.1) is 0 Å². The summed E-state index contributed by atoms with van der Waals surface area (Å²) in [5.74, 6) is -0.150. The van der Waals surface area contributed by atoms with Crippen LogP contribution in [0.1, 0.15) is 27.2 Å². The Bertz CT molecular complexity index is 1270. The number of nitrogens with one attached hydrogen (secondary N) is 3. The number of amides is 2. The van der Waals surface area contributed by atoms with E-state index in [0.29, 0.717) is 11.4 Å². The maximum atomic E-state index is 13.4. The van der Waals surface area contributed by atoms with Gasteiger partial charge in [-0.25, -0.2) is 19.3 Å². The molecule has 0 unspecified atom stereocenters. The molecule has 0 bridgehead atoms. The number of carbonyl (C=O) groups is 2. The van der Waals surface area contributed by atoms with Crippen LogP contribution in [-0.2, 0) is 17.8 Å². The fourth-order valence-electron chi connectivity index (χ4n) is 3.14. The van der Waals surface area contributed by atoms with Crippen molar-refractivity contribution in [3.63, 3.8) is 0 Å². The number of aromatic amines is 1. The van der Waals surface area contributed by atoms with Crippen molar-refractivity contribution in [2.24, 2.45) is 0 Å². The summed E-state index contributed by atoms with van der Waals surface area (Å²) in [6.45, 7) is 1.88. The van der Waals surface area contributed by atoms with Crippen LogP contribution in [0.25, 0.3) is 11.4 Å². The molecule has 0 saturated heterocycles. The number of hydrogen-bond acceptors (Lipinski definition) is 6. The topological polar surface area (TPSA) is 126 Å². The molecule has 4 aromatic rings. The van der Waals surface area contributed by atoms with Gasteiger partial charge in [-0.3, -0.25) is 14.7 Å². The minimum atomic E-state index is -0.433. The second-order valence-electron chi connectivity index (χ2n) is 7.31. The molecular formula is C23H20FN7O2. The van der Waals surface area contributed by atoms with Crippen LogP contribution in [0.15, 0.2) is 61.2 Å². The Morgan fingerprint density at radius 2 is 1.76 bits per heavy atom. The zero-order valence-corrected chi connectivity index (χ0v) is 17.7. The van der Waals surface area contributed by atoms with Crippen LogP contribution in [0.4, 0.5) is 10.2 Å². The molecule has 0 aliphatic heterocycles. The minimum absolute atomic E-state index is 0.107. The van der Waals surface area contributed by atoms with Crippen LogP contribution in [0.2, 0.25) is 0 Å². The lowest BCUT2D eigenvalue weighted by atomic mass is 10.1. The van der Waals surface area contributed by atoms with Crippen LogP contribution < -0.4 is 10.6 Å². The van der Waals surface area contributed by atoms with Gasteiger partial charge in [0.2, 0.25) is 5.91 Å². The van der Waals surface area contributed by atoms with Crippen molar-refractivity contribution < 1.29 is 14.0 Å². The van der Waals surface area contributed by atoms with Gasteiger partial charge in [-0.1, -0.05) is 36.4 Å². The summed E-state index contributed by atoms with van der Waals surface area (Å²) >= 11 is 0. The van der Waals surface area contributed by atoms with Crippen LogP contribution >= 0.6 is 0 Å². The lowest BCUT2D eigenvalue weighted by Crippen LogP contribution is -2.24. The van der Waals surface area contributed by atoms with E-state index in [9.17, 15) is 14.0 Å². The third kappa shape index (κ3) is 5.62. The van der Waals surface area contributed by atoms with E-state index in [0.717, 1.165) is 16.7 Å². The first-order valence-corrected chi connectivity index (χ1v) is 10.1. The van der Waals surface area contributed by atoms with Crippen molar-refractivity contribution in [2.45, 2.75) is 19.9 Å². The molecule has 9 nitrogen and oxygen atoms in total. The molecule has 0 fully saturated rings. The highest BCUT2D eigenvalue weighted by atomic mass is 19.1. The average Bonchev–Trinajstić information content (AvgIpc) is 3.35. The third-order valence-corrected chi connectivity index (χ3v) is 4.85. The van der Waals surface area contributed by atoms with E-state index in [2.05, 4.69) is 35.8 Å². The second kappa shape index (κ2) is 9.77. The molecule has 0 atom stereocenters. The summed E-state index contributed by atoms with van der Waals surface area (Å²) in [4.78, 5) is 36.9. The summed E-state index contributed by atoms with van der Waals surface area (Å²) in [5.41, 5.74) is 3.03. The number of halogens is 1. The van der Waals surface area contributed by atoms with Crippen LogP contribution in [0.5, 0.6) is 0 Å². The van der Waals surface area contributed by atoms with E-state index >= 15 is 0 Å². The van der Waals surface area contributed by atoms with Crippen molar-refractivity contribution in [2.75, 3.05) is 5.32 Å². The van der Waals surface area contributed by atoms with Crippen molar-refractivity contribution in [3.05, 3.63) is 89.4 Å². The number of aromatic nitrogens is 5. The first kappa shape index (κ1) is 21.8. The number of hydrogen-bond donors (Lipinski definition) is 3. The van der Waals surface area contributed by atoms with Gasteiger partial charge in [-0.05, 0) is 29.7 Å². The standard InChI is InChI=1S/C23H20FN7O2/c1-14-8-16(4-7-18(14)24)11-25-23(33)19-10-20(27-12-26-19)30-21(32)9-15-2-5-17(6-3-15)22-28-13-29-31-22/h2-8,10,12-13H,9,11H2,1H3,(H,25,33)(H,28,29,31)(H,26,27,30,32). The Morgan fingerprint density at radius 1 is 0.970 bits per heavy atom. The van der Waals surface area contributed by atoms with Gasteiger partial charge in [0, 0.05) is 18.2 Å². The lowest BCUT2D eigenvalue weighted by Gasteiger charge is -2.08. The zero-order chi connectivity index (χ0) is 23.2. The second-order valence-corrected chi connectivity index (χ2v) is 7.31. The van der Waals surface area contributed by atoms with Crippen LogP contribution in [0.3, 0.4) is 0 Å². The molecule has 0 aliphatic rings. The number of anilines is 1. The SMILES string of the molecule is Cc1cc(CNC(=O)c2cc(NC(=O)Cc3ccc(-c4ncn[nH]4)cc3)ncn2)ccc1F. The molecule has 10 heteroatoms. The average molecular weight is 445 g/mol. The van der Waals surface area contributed by atoms with E-state index in [1.165, 1.54) is 24.8 Å². The molecule has 33 heavy (non-hydrogen) atoms. The first-order valence-electron chi connectivity index (χ1n) is 10.1. The smallest absolute Gasteiger partial charge is 0.270 e. The van der Waals surface area contributed by atoms with E-state index in [-0.39, 0.29) is 36.2 Å². The molecule has 2 aromatic heterocycles. The third-order valence-electron chi connectivity index (χ3n) is 4.85. The van der Waals surface area contributed by atoms with Gasteiger partial charge in [-0.2, -0.15) is 5.10 Å². The van der Waals surface area contributed by atoms with Crippen molar-refractivity contribution in [1.82, 2.24) is 30.5 Å². The normalized spacial score (nSPS) is 10.6. The van der Waals surface area contributed by atoms with Crippen molar-refractivity contribution >= 4 is 17.6 Å². The Balaban J connectivity index is 1.33. The molecule has 0 aliphatic carbocycles. The Labute approximate surface area is 188 Å². The van der Waals surface area contributed by atoms with Gasteiger partial charge in [0.25, 0.3) is 5.91 Å². The molecule has 2 aromatic carbocycles. The van der Waals surface area contributed by atoms with Crippen LogP contribution in [-0.4, -0.2) is 37.0 Å². The molecule has 3 N–H and O–H groups in total. The summed E-state index contributed by atoms with van der Waals surface area (Å²) < 4.78 is 13.4. The summed E-state index contributed by atoms with van der Waals surface area (Å²) in [7, 11) is 0. The zero-order valence-electron chi connectivity index (χ0n) is 17.7. The van der Waals surface area contributed by atoms with E-state index < -0.39 is 5.91 Å². The van der Waals surface area contributed by atoms with Gasteiger partial charge < -0.3 is 10.6 Å². The minimum Gasteiger partial charge on any atom is -0.347 e. The molecule has 0 saturated carbocycles. The van der Waals surface area contributed by atoms with E-state index in [1.807, 2.05) is 24.3 Å². The number of aryl methyl sites for hydroxylation is 1. The quantitative estimate of drug-likeness (QED) is 0.402. The Hall–Kier alpha value is -4.47. The van der Waals surface area contributed by atoms with Gasteiger partial charge >= 0.3 is 0 Å². The first-order chi connectivity index (χ1) is 16.0. The van der Waals surface area contributed by atoms with Crippen LogP contribution in [0, 0.1) is 12.7 Å². The highest BCUT2D eigenvalue weighted by Crippen LogP contribution is 2.15.